The van der Waals surface area contributed by atoms with E-state index in [1.165, 1.54) is 12.1 Å². The van der Waals surface area contributed by atoms with E-state index in [2.05, 4.69) is 16.5 Å². The molecule has 0 saturated carbocycles. The summed E-state index contributed by atoms with van der Waals surface area (Å²) in [5, 5.41) is 0. The van der Waals surface area contributed by atoms with E-state index in [0.29, 0.717) is 0 Å². The minimum absolute atomic E-state index is 0.0662. The molecule has 1 aromatic carbocycles. The van der Waals surface area contributed by atoms with Gasteiger partial charge in [0.05, 0.1) is 4.90 Å². The molecule has 138 valence electrons. The third-order valence-corrected chi connectivity index (χ3v) is 6.05. The van der Waals surface area contributed by atoms with E-state index in [1.807, 2.05) is 0 Å². The first-order valence-electron chi connectivity index (χ1n) is 8.55. The standard InChI is InChI=1S/C18H26N2O4S/c1-12(2)18(22)19-25(23,24)17-7-5-16(6-8-17)20-10-9-15(14(4)21)11-13(20)3/h5-8,12-13,15H,9-11H2,1-4H3,(H,19,22). The number of carbonyl (C=O) groups is 2. The van der Waals surface area contributed by atoms with Crippen LogP contribution in [0.25, 0.3) is 0 Å². The summed E-state index contributed by atoms with van der Waals surface area (Å²) in [4.78, 5) is 25.5. The Morgan fingerprint density at radius 3 is 2.28 bits per heavy atom. The second-order valence-corrected chi connectivity index (χ2v) is 8.68. The Kier molecular flexibility index (Phi) is 5.87. The molecule has 25 heavy (non-hydrogen) atoms. The Morgan fingerprint density at radius 1 is 1.20 bits per heavy atom. The van der Waals surface area contributed by atoms with Crippen molar-refractivity contribution in [2.24, 2.45) is 11.8 Å². The Morgan fingerprint density at radius 2 is 1.80 bits per heavy atom. The van der Waals surface area contributed by atoms with Crippen molar-refractivity contribution in [1.29, 1.82) is 0 Å². The number of hydrogen-bond donors (Lipinski definition) is 1. The molecule has 2 rings (SSSR count). The van der Waals surface area contributed by atoms with Crippen LogP contribution in [0.4, 0.5) is 5.69 Å². The Labute approximate surface area is 149 Å². The molecular weight excluding hydrogens is 340 g/mol. The van der Waals surface area contributed by atoms with Crippen LogP contribution in [-0.4, -0.2) is 32.7 Å². The summed E-state index contributed by atoms with van der Waals surface area (Å²) in [5.41, 5.74) is 0.920. The molecule has 1 amide bonds. The van der Waals surface area contributed by atoms with Crippen LogP contribution in [0.2, 0.25) is 0 Å². The quantitative estimate of drug-likeness (QED) is 0.865. The zero-order chi connectivity index (χ0) is 18.8. The van der Waals surface area contributed by atoms with Crippen molar-refractivity contribution in [1.82, 2.24) is 4.72 Å². The van der Waals surface area contributed by atoms with E-state index in [1.54, 1.807) is 32.9 Å². The molecule has 1 aliphatic heterocycles. The summed E-state index contributed by atoms with van der Waals surface area (Å²) in [6.07, 6.45) is 1.62. The fourth-order valence-corrected chi connectivity index (χ4v) is 4.16. The molecule has 2 unspecified atom stereocenters. The summed E-state index contributed by atoms with van der Waals surface area (Å²) in [7, 11) is -3.85. The number of anilines is 1. The van der Waals surface area contributed by atoms with Crippen LogP contribution in [0.1, 0.15) is 40.5 Å². The van der Waals surface area contributed by atoms with Gasteiger partial charge < -0.3 is 4.90 Å². The lowest BCUT2D eigenvalue weighted by Gasteiger charge is -2.38. The van der Waals surface area contributed by atoms with Gasteiger partial charge in [-0.2, -0.15) is 0 Å². The Hall–Kier alpha value is -1.89. The second kappa shape index (κ2) is 7.56. The summed E-state index contributed by atoms with van der Waals surface area (Å²) < 4.78 is 26.5. The lowest BCUT2D eigenvalue weighted by molar-refractivity contribution is -0.122. The molecule has 1 N–H and O–H groups in total. The number of benzene rings is 1. The minimum atomic E-state index is -3.85. The van der Waals surface area contributed by atoms with Crippen LogP contribution in [0.3, 0.4) is 0 Å². The topological polar surface area (TPSA) is 83.6 Å². The first-order valence-corrected chi connectivity index (χ1v) is 10.0. The first-order chi connectivity index (χ1) is 11.6. The number of piperidine rings is 1. The maximum absolute atomic E-state index is 12.2. The summed E-state index contributed by atoms with van der Waals surface area (Å²) in [5.74, 6) is -0.590. The first kappa shape index (κ1) is 19.4. The Bertz CT molecular complexity index is 741. The fraction of sp³-hybridized carbons (Fsp3) is 0.556. The van der Waals surface area contributed by atoms with E-state index in [4.69, 9.17) is 0 Å². The largest absolute Gasteiger partial charge is 0.369 e. The van der Waals surface area contributed by atoms with Crippen molar-refractivity contribution in [3.05, 3.63) is 24.3 Å². The number of Topliss-reactive ketones (excluding diaryl/α,β-unsaturated/α-hetero) is 1. The van der Waals surface area contributed by atoms with Crippen molar-refractivity contribution in [2.45, 2.75) is 51.5 Å². The third-order valence-electron chi connectivity index (χ3n) is 4.69. The predicted molar refractivity (Wildman–Crippen MR) is 96.8 cm³/mol. The molecule has 1 aliphatic rings. The predicted octanol–water partition coefficient (Wildman–Crippen LogP) is 2.34. The van der Waals surface area contributed by atoms with Gasteiger partial charge in [-0.3, -0.25) is 9.59 Å². The molecule has 7 heteroatoms. The number of nitrogens with one attached hydrogen (secondary N) is 1. The summed E-state index contributed by atoms with van der Waals surface area (Å²) >= 11 is 0. The lowest BCUT2D eigenvalue weighted by Crippen LogP contribution is -2.42. The molecule has 0 aromatic heterocycles. The normalized spacial score (nSPS) is 21.2. The van der Waals surface area contributed by atoms with Crippen LogP contribution in [0, 0.1) is 11.8 Å². The van der Waals surface area contributed by atoms with Gasteiger partial charge in [0.25, 0.3) is 10.0 Å². The number of amides is 1. The highest BCUT2D eigenvalue weighted by atomic mass is 32.2. The van der Waals surface area contributed by atoms with E-state index < -0.39 is 21.8 Å². The van der Waals surface area contributed by atoms with Crippen molar-refractivity contribution >= 4 is 27.4 Å². The van der Waals surface area contributed by atoms with Crippen LogP contribution in [0.15, 0.2) is 29.2 Å². The molecule has 1 aromatic rings. The van der Waals surface area contributed by atoms with Gasteiger partial charge in [-0.25, -0.2) is 13.1 Å². The second-order valence-electron chi connectivity index (χ2n) is 6.99. The average molecular weight is 366 g/mol. The van der Waals surface area contributed by atoms with Gasteiger partial charge in [-0.05, 0) is 51.0 Å². The molecule has 0 radical (unpaired) electrons. The monoisotopic (exact) mass is 366 g/mol. The van der Waals surface area contributed by atoms with Gasteiger partial charge in [0.15, 0.2) is 0 Å². The maximum atomic E-state index is 12.2. The fourth-order valence-electron chi connectivity index (χ4n) is 3.05. The van der Waals surface area contributed by atoms with Crippen molar-refractivity contribution < 1.29 is 18.0 Å². The molecule has 0 bridgehead atoms. The smallest absolute Gasteiger partial charge is 0.264 e. The highest BCUT2D eigenvalue weighted by molar-refractivity contribution is 7.90. The van der Waals surface area contributed by atoms with Crippen molar-refractivity contribution in [2.75, 3.05) is 11.4 Å². The number of carbonyl (C=O) groups excluding carboxylic acids is 2. The molecule has 2 atom stereocenters. The van der Waals surface area contributed by atoms with Gasteiger partial charge in [-0.1, -0.05) is 13.8 Å². The van der Waals surface area contributed by atoms with E-state index in [9.17, 15) is 18.0 Å². The molecule has 1 heterocycles. The average Bonchev–Trinajstić information content (AvgIpc) is 2.54. The molecule has 1 saturated heterocycles. The number of sulfonamides is 1. The summed E-state index contributed by atoms with van der Waals surface area (Å²) in [6.45, 7) is 7.75. The van der Waals surface area contributed by atoms with Crippen LogP contribution in [-0.2, 0) is 19.6 Å². The van der Waals surface area contributed by atoms with Gasteiger partial charge in [0, 0.05) is 30.1 Å². The number of ketones is 1. The van der Waals surface area contributed by atoms with E-state index >= 15 is 0 Å². The van der Waals surface area contributed by atoms with Crippen LogP contribution < -0.4 is 9.62 Å². The number of rotatable bonds is 5. The molecule has 6 nitrogen and oxygen atoms in total. The highest BCUT2D eigenvalue weighted by Crippen LogP contribution is 2.29. The zero-order valence-corrected chi connectivity index (χ0v) is 16.0. The zero-order valence-electron chi connectivity index (χ0n) is 15.2. The van der Waals surface area contributed by atoms with Gasteiger partial charge >= 0.3 is 0 Å². The molecule has 0 spiro atoms. The minimum Gasteiger partial charge on any atom is -0.369 e. The number of hydrogen-bond acceptors (Lipinski definition) is 5. The Balaban J connectivity index is 2.12. The lowest BCUT2D eigenvalue weighted by atomic mass is 9.88. The van der Waals surface area contributed by atoms with E-state index in [0.717, 1.165) is 25.1 Å². The van der Waals surface area contributed by atoms with Crippen molar-refractivity contribution in [3.63, 3.8) is 0 Å². The van der Waals surface area contributed by atoms with Gasteiger partial charge in [-0.15, -0.1) is 0 Å². The molecule has 0 aliphatic carbocycles. The van der Waals surface area contributed by atoms with Crippen molar-refractivity contribution in [3.8, 4) is 0 Å². The third kappa shape index (κ3) is 4.60. The SMILES string of the molecule is CC(=O)C1CCN(c2ccc(S(=O)(=O)NC(=O)C(C)C)cc2)C(C)C1. The van der Waals surface area contributed by atoms with Gasteiger partial charge in [0.2, 0.25) is 5.91 Å². The number of nitrogens with zero attached hydrogens (tertiary/aromatic N) is 1. The summed E-state index contributed by atoms with van der Waals surface area (Å²) in [6, 6.07) is 6.73. The van der Waals surface area contributed by atoms with E-state index in [-0.39, 0.29) is 22.6 Å². The highest BCUT2D eigenvalue weighted by Gasteiger charge is 2.28. The molecule has 1 fully saturated rings. The molecular formula is C18H26N2O4S. The maximum Gasteiger partial charge on any atom is 0.264 e. The van der Waals surface area contributed by atoms with Gasteiger partial charge in [0.1, 0.15) is 5.78 Å². The van der Waals surface area contributed by atoms with Crippen LogP contribution in [0.5, 0.6) is 0 Å². The van der Waals surface area contributed by atoms with Crippen LogP contribution >= 0.6 is 0 Å².